The van der Waals surface area contributed by atoms with Crippen LogP contribution in [0.25, 0.3) is 0 Å². The summed E-state index contributed by atoms with van der Waals surface area (Å²) in [6.07, 6.45) is 0.457. The fourth-order valence-corrected chi connectivity index (χ4v) is 4.75. The smallest absolute Gasteiger partial charge is 0.241 e. The van der Waals surface area contributed by atoms with Crippen LogP contribution in [0.3, 0.4) is 0 Å². The van der Waals surface area contributed by atoms with Gasteiger partial charge in [-0.1, -0.05) is 0 Å². The van der Waals surface area contributed by atoms with E-state index >= 15 is 0 Å². The van der Waals surface area contributed by atoms with Crippen LogP contribution in [-0.2, 0) is 14.8 Å². The molecule has 0 aliphatic rings. The van der Waals surface area contributed by atoms with Gasteiger partial charge in [-0.05, 0) is 74.6 Å². The third kappa shape index (κ3) is 4.81. The number of aliphatic hydroxyl groups is 1. The van der Waals surface area contributed by atoms with Crippen molar-refractivity contribution in [3.8, 4) is 0 Å². The van der Waals surface area contributed by atoms with E-state index in [1.54, 1.807) is 26.0 Å². The molecule has 1 unspecified atom stereocenters. The summed E-state index contributed by atoms with van der Waals surface area (Å²) in [6, 6.07) is 3.26. The van der Waals surface area contributed by atoms with Gasteiger partial charge in [-0.2, -0.15) is 0 Å². The second kappa shape index (κ2) is 8.89. The van der Waals surface area contributed by atoms with Crippen LogP contribution in [0, 0.1) is 34.6 Å². The highest BCUT2D eigenvalue weighted by molar-refractivity contribution is 7.89. The van der Waals surface area contributed by atoms with Gasteiger partial charge in [0.2, 0.25) is 15.9 Å². The first-order valence-corrected chi connectivity index (χ1v) is 10.6. The quantitative estimate of drug-likeness (QED) is 0.621. The Morgan fingerprint density at radius 3 is 2.18 bits per heavy atom. The summed E-state index contributed by atoms with van der Waals surface area (Å²) in [6.45, 7) is 9.36. The minimum absolute atomic E-state index is 0.00629. The van der Waals surface area contributed by atoms with Gasteiger partial charge in [0.05, 0.1) is 17.7 Å². The van der Waals surface area contributed by atoms with Gasteiger partial charge in [0, 0.05) is 13.0 Å². The third-order valence-corrected chi connectivity index (χ3v) is 6.94. The molecule has 1 atom stereocenters. The van der Waals surface area contributed by atoms with E-state index in [2.05, 4.69) is 10.0 Å². The van der Waals surface area contributed by atoms with Crippen molar-refractivity contribution in [2.75, 3.05) is 13.1 Å². The van der Waals surface area contributed by atoms with Crippen molar-refractivity contribution in [3.05, 3.63) is 52.0 Å². The molecule has 28 heavy (non-hydrogen) atoms. The standard InChI is InChI=1S/C20H28N2O5S/c1-12-13(2)15(4)20(16(5)14(12)3)28(25,26)22-9-8-19(24)21-11-17(23)18-7-6-10-27-18/h6-7,10,17,22-23H,8-9,11H2,1-5H3,(H,21,24). The van der Waals surface area contributed by atoms with E-state index in [9.17, 15) is 18.3 Å². The van der Waals surface area contributed by atoms with Gasteiger partial charge < -0.3 is 14.8 Å². The fourth-order valence-electron chi connectivity index (χ4n) is 3.12. The number of amides is 1. The molecule has 1 aromatic carbocycles. The van der Waals surface area contributed by atoms with Crippen molar-refractivity contribution in [2.24, 2.45) is 0 Å². The lowest BCUT2D eigenvalue weighted by atomic mass is 9.95. The molecule has 0 spiro atoms. The zero-order valence-electron chi connectivity index (χ0n) is 16.9. The number of hydrogen-bond donors (Lipinski definition) is 3. The number of benzene rings is 1. The van der Waals surface area contributed by atoms with Crippen LogP contribution >= 0.6 is 0 Å². The van der Waals surface area contributed by atoms with E-state index in [0.29, 0.717) is 5.76 Å². The monoisotopic (exact) mass is 408 g/mol. The summed E-state index contributed by atoms with van der Waals surface area (Å²) < 4.78 is 33.2. The molecular formula is C20H28N2O5S. The highest BCUT2D eigenvalue weighted by atomic mass is 32.2. The molecule has 0 saturated carbocycles. The Labute approximate surface area is 166 Å². The highest BCUT2D eigenvalue weighted by Gasteiger charge is 2.23. The van der Waals surface area contributed by atoms with E-state index < -0.39 is 16.1 Å². The van der Waals surface area contributed by atoms with Crippen LogP contribution in [0.4, 0.5) is 0 Å². The van der Waals surface area contributed by atoms with Crippen molar-refractivity contribution in [2.45, 2.75) is 52.0 Å². The molecular weight excluding hydrogens is 380 g/mol. The van der Waals surface area contributed by atoms with E-state index in [0.717, 1.165) is 27.8 Å². The Kier molecular flexibility index (Phi) is 7.03. The molecule has 8 heteroatoms. The number of nitrogens with one attached hydrogen (secondary N) is 2. The van der Waals surface area contributed by atoms with Gasteiger partial charge in [-0.15, -0.1) is 0 Å². The van der Waals surface area contributed by atoms with Crippen LogP contribution < -0.4 is 10.0 Å². The Hall–Kier alpha value is -2.16. The molecule has 1 heterocycles. The lowest BCUT2D eigenvalue weighted by Crippen LogP contribution is -2.33. The van der Waals surface area contributed by atoms with Crippen LogP contribution in [0.15, 0.2) is 27.7 Å². The molecule has 0 aliphatic heterocycles. The number of sulfonamides is 1. The van der Waals surface area contributed by atoms with E-state index in [1.165, 1.54) is 6.26 Å². The number of rotatable bonds is 8. The van der Waals surface area contributed by atoms with Crippen molar-refractivity contribution < 1.29 is 22.7 Å². The normalized spacial score (nSPS) is 12.8. The summed E-state index contributed by atoms with van der Waals surface area (Å²) in [4.78, 5) is 12.2. The molecule has 0 radical (unpaired) electrons. The van der Waals surface area contributed by atoms with Crippen LogP contribution in [0.5, 0.6) is 0 Å². The Bertz CT molecular complexity index is 920. The summed E-state index contributed by atoms with van der Waals surface area (Å²) in [5.74, 6) is -0.00455. The maximum Gasteiger partial charge on any atom is 0.241 e. The van der Waals surface area contributed by atoms with Crippen LogP contribution in [0.1, 0.15) is 46.1 Å². The lowest BCUT2D eigenvalue weighted by molar-refractivity contribution is -0.121. The molecule has 154 valence electrons. The van der Waals surface area contributed by atoms with Gasteiger partial charge in [-0.3, -0.25) is 4.79 Å². The van der Waals surface area contributed by atoms with Gasteiger partial charge in [0.1, 0.15) is 11.9 Å². The zero-order valence-corrected chi connectivity index (χ0v) is 17.7. The molecule has 0 fully saturated rings. The number of hydrogen-bond acceptors (Lipinski definition) is 5. The summed E-state index contributed by atoms with van der Waals surface area (Å²) in [5.41, 5.74) is 4.43. The second-order valence-electron chi connectivity index (χ2n) is 6.94. The van der Waals surface area contributed by atoms with Gasteiger partial charge in [0.25, 0.3) is 0 Å². The number of carbonyl (C=O) groups is 1. The molecule has 0 bridgehead atoms. The van der Waals surface area contributed by atoms with Gasteiger partial charge >= 0.3 is 0 Å². The topological polar surface area (TPSA) is 109 Å². The van der Waals surface area contributed by atoms with Gasteiger partial charge in [-0.25, -0.2) is 13.1 Å². The SMILES string of the molecule is Cc1c(C)c(C)c(S(=O)(=O)NCCC(=O)NCC(O)c2ccco2)c(C)c1C. The summed E-state index contributed by atoms with van der Waals surface area (Å²) in [5, 5.41) is 12.4. The third-order valence-electron chi connectivity index (χ3n) is 5.21. The second-order valence-corrected chi connectivity index (χ2v) is 8.64. The van der Waals surface area contributed by atoms with E-state index in [4.69, 9.17) is 4.42 Å². The average molecular weight is 409 g/mol. The number of carbonyl (C=O) groups excluding carboxylic acids is 1. The van der Waals surface area contributed by atoms with Crippen molar-refractivity contribution in [1.29, 1.82) is 0 Å². The Morgan fingerprint density at radius 1 is 1.07 bits per heavy atom. The molecule has 0 aliphatic carbocycles. The Balaban J connectivity index is 1.96. The molecule has 1 amide bonds. The molecule has 1 aromatic heterocycles. The van der Waals surface area contributed by atoms with Crippen LogP contribution in [0.2, 0.25) is 0 Å². The minimum Gasteiger partial charge on any atom is -0.467 e. The first kappa shape index (κ1) is 22.1. The zero-order chi connectivity index (χ0) is 21.1. The molecule has 2 aromatic rings. The summed E-state index contributed by atoms with van der Waals surface area (Å²) in [7, 11) is -3.74. The minimum atomic E-state index is -3.74. The first-order valence-electron chi connectivity index (χ1n) is 9.11. The molecule has 3 N–H and O–H groups in total. The Morgan fingerprint density at radius 2 is 1.64 bits per heavy atom. The van der Waals surface area contributed by atoms with Crippen molar-refractivity contribution in [3.63, 3.8) is 0 Å². The fraction of sp³-hybridized carbons (Fsp3) is 0.450. The average Bonchev–Trinajstić information content (AvgIpc) is 3.17. The van der Waals surface area contributed by atoms with Crippen LogP contribution in [-0.4, -0.2) is 32.5 Å². The predicted molar refractivity (Wildman–Crippen MR) is 107 cm³/mol. The number of aliphatic hydroxyl groups excluding tert-OH is 1. The lowest BCUT2D eigenvalue weighted by Gasteiger charge is -2.19. The highest BCUT2D eigenvalue weighted by Crippen LogP contribution is 2.29. The largest absolute Gasteiger partial charge is 0.467 e. The molecule has 0 saturated heterocycles. The van der Waals surface area contributed by atoms with Gasteiger partial charge in [0.15, 0.2) is 0 Å². The first-order chi connectivity index (χ1) is 13.1. The van der Waals surface area contributed by atoms with E-state index in [-0.39, 0.29) is 30.3 Å². The van der Waals surface area contributed by atoms with Crippen molar-refractivity contribution in [1.82, 2.24) is 10.0 Å². The van der Waals surface area contributed by atoms with E-state index in [1.807, 2.05) is 20.8 Å². The maximum absolute atomic E-state index is 12.8. The predicted octanol–water partition coefficient (Wildman–Crippen LogP) is 2.34. The molecule has 2 rings (SSSR count). The van der Waals surface area contributed by atoms with Crippen molar-refractivity contribution >= 4 is 15.9 Å². The number of furan rings is 1. The molecule has 7 nitrogen and oxygen atoms in total. The maximum atomic E-state index is 12.8. The summed E-state index contributed by atoms with van der Waals surface area (Å²) >= 11 is 0.